The number of thiophene rings is 1. The second-order valence-corrected chi connectivity index (χ2v) is 7.19. The largest absolute Gasteiger partial charge is 0.314 e. The highest BCUT2D eigenvalue weighted by molar-refractivity contribution is 8.05. The summed E-state index contributed by atoms with van der Waals surface area (Å²) in [5.41, 5.74) is 1.31. The Hall–Kier alpha value is -1.31. The molecule has 0 radical (unpaired) electrons. The monoisotopic (exact) mass is 318 g/mol. The number of piperidine rings is 1. The van der Waals surface area contributed by atoms with Gasteiger partial charge in [0.1, 0.15) is 11.4 Å². The molecular formula is C14H14N4OS2. The van der Waals surface area contributed by atoms with Crippen LogP contribution < -0.4 is 0 Å². The van der Waals surface area contributed by atoms with Gasteiger partial charge in [-0.2, -0.15) is 0 Å². The van der Waals surface area contributed by atoms with Gasteiger partial charge in [-0.05, 0) is 24.3 Å². The van der Waals surface area contributed by atoms with Gasteiger partial charge >= 0.3 is 5.91 Å². The maximum absolute atomic E-state index is 12.0. The summed E-state index contributed by atoms with van der Waals surface area (Å²) < 4.78 is 0. The van der Waals surface area contributed by atoms with E-state index in [1.165, 1.54) is 19.3 Å². The van der Waals surface area contributed by atoms with Gasteiger partial charge in [0.25, 0.3) is 0 Å². The van der Waals surface area contributed by atoms with E-state index in [9.17, 15) is 4.79 Å². The van der Waals surface area contributed by atoms with Crippen molar-refractivity contribution in [3.05, 3.63) is 27.3 Å². The van der Waals surface area contributed by atoms with Crippen LogP contribution in [-0.4, -0.2) is 35.1 Å². The van der Waals surface area contributed by atoms with Gasteiger partial charge in [0, 0.05) is 13.1 Å². The number of rotatable bonds is 2. The van der Waals surface area contributed by atoms with E-state index in [-0.39, 0.29) is 11.4 Å². The van der Waals surface area contributed by atoms with Crippen LogP contribution in [0, 0.1) is 0 Å². The number of thioether (sulfide) groups is 1. The van der Waals surface area contributed by atoms with Gasteiger partial charge in [0.15, 0.2) is 5.50 Å². The van der Waals surface area contributed by atoms with Crippen LogP contribution in [0.5, 0.6) is 0 Å². The highest BCUT2D eigenvalue weighted by atomic mass is 32.2. The lowest BCUT2D eigenvalue weighted by atomic mass is 10.1. The standard InChI is InChI=1S/C14H14N4OS2/c19-13-11-12(10(16-17-13)9-5-4-8-20-9)21-14(15-11)18-6-2-1-3-7-18/h4-5,8,14H,1-3,6-7H2/t14-/m0/s1. The fourth-order valence-corrected chi connectivity index (χ4v) is 4.76. The smallest absolute Gasteiger partial charge is 0.273 e. The van der Waals surface area contributed by atoms with Crippen molar-refractivity contribution in [1.29, 1.82) is 0 Å². The third-order valence-electron chi connectivity index (χ3n) is 3.79. The van der Waals surface area contributed by atoms with E-state index >= 15 is 0 Å². The molecule has 1 aromatic heterocycles. The summed E-state index contributed by atoms with van der Waals surface area (Å²) in [7, 11) is 0. The Bertz CT molecular complexity index is 657. The number of aliphatic imine (C=N–C) groups is 1. The van der Waals surface area contributed by atoms with Crippen LogP contribution in [0.1, 0.15) is 24.1 Å². The number of carbonyl (C=O) groups is 1. The van der Waals surface area contributed by atoms with Gasteiger partial charge in [0.05, 0.1) is 9.78 Å². The zero-order valence-corrected chi connectivity index (χ0v) is 13.0. The quantitative estimate of drug-likeness (QED) is 0.840. The molecule has 3 aliphatic rings. The Morgan fingerprint density at radius 3 is 2.81 bits per heavy atom. The highest BCUT2D eigenvalue weighted by Gasteiger charge is 2.37. The molecule has 1 amide bonds. The molecule has 0 N–H and O–H groups in total. The molecule has 0 saturated carbocycles. The predicted molar refractivity (Wildman–Crippen MR) is 85.3 cm³/mol. The molecule has 1 atom stereocenters. The fourth-order valence-electron chi connectivity index (χ4n) is 2.74. The number of hydrogen-bond acceptors (Lipinski definition) is 6. The van der Waals surface area contributed by atoms with E-state index in [2.05, 4.69) is 20.1 Å². The first-order valence-electron chi connectivity index (χ1n) is 7.06. The molecule has 0 bridgehead atoms. The van der Waals surface area contributed by atoms with Crippen LogP contribution in [0.15, 0.2) is 37.6 Å². The second-order valence-electron chi connectivity index (χ2n) is 5.18. The van der Waals surface area contributed by atoms with Gasteiger partial charge in [-0.25, -0.2) is 4.99 Å². The number of likely N-dealkylation sites (tertiary alicyclic amines) is 1. The minimum Gasteiger partial charge on any atom is -0.273 e. The van der Waals surface area contributed by atoms with Crippen molar-refractivity contribution in [1.82, 2.24) is 4.90 Å². The Kier molecular flexibility index (Phi) is 3.48. The summed E-state index contributed by atoms with van der Waals surface area (Å²) >= 11 is 3.26. The van der Waals surface area contributed by atoms with Gasteiger partial charge in [-0.15, -0.1) is 21.6 Å². The Balaban J connectivity index is 1.69. The van der Waals surface area contributed by atoms with Crippen LogP contribution >= 0.6 is 23.1 Å². The van der Waals surface area contributed by atoms with Gasteiger partial charge in [0.2, 0.25) is 0 Å². The summed E-state index contributed by atoms with van der Waals surface area (Å²) in [6.45, 7) is 2.11. The van der Waals surface area contributed by atoms with E-state index < -0.39 is 0 Å². The molecule has 0 aliphatic carbocycles. The number of azo groups is 1. The molecule has 4 heterocycles. The number of hydrogen-bond donors (Lipinski definition) is 0. The van der Waals surface area contributed by atoms with Gasteiger partial charge in [-0.3, -0.25) is 9.69 Å². The molecule has 0 unspecified atom stereocenters. The van der Waals surface area contributed by atoms with E-state index in [0.29, 0.717) is 5.71 Å². The maximum atomic E-state index is 12.0. The van der Waals surface area contributed by atoms with Crippen LogP contribution in [-0.2, 0) is 4.79 Å². The first kappa shape index (κ1) is 13.4. The normalized spacial score (nSPS) is 26.2. The number of nitrogens with zero attached hydrogens (tertiary/aromatic N) is 4. The Morgan fingerprint density at radius 1 is 1.19 bits per heavy atom. The first-order chi connectivity index (χ1) is 10.3. The molecule has 0 aromatic carbocycles. The molecule has 7 heteroatoms. The van der Waals surface area contributed by atoms with E-state index in [0.717, 1.165) is 28.6 Å². The summed E-state index contributed by atoms with van der Waals surface area (Å²) in [5, 5.41) is 9.89. The average Bonchev–Trinajstić information content (AvgIpc) is 3.18. The first-order valence-corrected chi connectivity index (χ1v) is 8.82. The number of carbonyl (C=O) groups excluding carboxylic acids is 1. The minimum atomic E-state index is -0.308. The van der Waals surface area contributed by atoms with Gasteiger partial charge in [-0.1, -0.05) is 24.2 Å². The van der Waals surface area contributed by atoms with Crippen LogP contribution in [0.4, 0.5) is 0 Å². The topological polar surface area (TPSA) is 57.4 Å². The zero-order valence-electron chi connectivity index (χ0n) is 11.4. The summed E-state index contributed by atoms with van der Waals surface area (Å²) in [5.74, 6) is -0.308. The molecule has 1 saturated heterocycles. The molecule has 5 nitrogen and oxygen atoms in total. The molecule has 1 fully saturated rings. The van der Waals surface area contributed by atoms with E-state index in [1.54, 1.807) is 23.1 Å². The lowest BCUT2D eigenvalue weighted by Crippen LogP contribution is -2.35. The van der Waals surface area contributed by atoms with Crippen LogP contribution in [0.2, 0.25) is 0 Å². The number of amides is 1. The highest BCUT2D eigenvalue weighted by Crippen LogP contribution is 2.42. The van der Waals surface area contributed by atoms with Crippen molar-refractivity contribution < 1.29 is 4.79 Å². The maximum Gasteiger partial charge on any atom is 0.314 e. The fraction of sp³-hybridized carbons (Fsp3) is 0.429. The minimum absolute atomic E-state index is 0.0118. The second kappa shape index (κ2) is 5.47. The van der Waals surface area contributed by atoms with Crippen LogP contribution in [0.25, 0.3) is 5.70 Å². The summed E-state index contributed by atoms with van der Waals surface area (Å²) in [6.07, 6.45) is 3.71. The van der Waals surface area contributed by atoms with Crippen molar-refractivity contribution in [3.63, 3.8) is 0 Å². The van der Waals surface area contributed by atoms with Crippen molar-refractivity contribution in [2.75, 3.05) is 13.1 Å². The SMILES string of the molecule is O=C1N=NC(c2cccs2)=C2S[C@H](N3CCCCC3)N=C12. The third-order valence-corrected chi connectivity index (χ3v) is 5.91. The Morgan fingerprint density at radius 2 is 2.05 bits per heavy atom. The molecule has 3 aliphatic heterocycles. The predicted octanol–water partition coefficient (Wildman–Crippen LogP) is 3.37. The Labute approximate surface area is 130 Å². The van der Waals surface area contributed by atoms with Crippen molar-refractivity contribution in [2.45, 2.75) is 24.8 Å². The lowest BCUT2D eigenvalue weighted by molar-refractivity contribution is -0.112. The van der Waals surface area contributed by atoms with Crippen molar-refractivity contribution in [3.8, 4) is 0 Å². The van der Waals surface area contributed by atoms with Gasteiger partial charge < -0.3 is 0 Å². The van der Waals surface area contributed by atoms with Crippen LogP contribution in [0.3, 0.4) is 0 Å². The molecular weight excluding hydrogens is 304 g/mol. The lowest BCUT2D eigenvalue weighted by Gasteiger charge is -2.29. The molecule has 21 heavy (non-hydrogen) atoms. The average molecular weight is 318 g/mol. The molecule has 4 rings (SSSR count). The molecule has 0 spiro atoms. The number of fused-ring (bicyclic) bond motifs is 1. The summed E-state index contributed by atoms with van der Waals surface area (Å²) in [6, 6.07) is 3.99. The third kappa shape index (κ3) is 2.39. The molecule has 1 aromatic rings. The van der Waals surface area contributed by atoms with Crippen molar-refractivity contribution >= 4 is 40.4 Å². The van der Waals surface area contributed by atoms with E-state index in [1.807, 2.05) is 17.5 Å². The zero-order chi connectivity index (χ0) is 14.2. The van der Waals surface area contributed by atoms with Crippen molar-refractivity contribution in [2.24, 2.45) is 15.2 Å². The molecule has 108 valence electrons. The summed E-state index contributed by atoms with van der Waals surface area (Å²) in [4.78, 5) is 20.9. The van der Waals surface area contributed by atoms with E-state index in [4.69, 9.17) is 0 Å².